The van der Waals surface area contributed by atoms with Gasteiger partial charge in [-0.1, -0.05) is 24.9 Å². The molecule has 0 unspecified atom stereocenters. The molecule has 1 aromatic carbocycles. The van der Waals surface area contributed by atoms with E-state index in [4.69, 9.17) is 11.6 Å². The Kier molecular flexibility index (Phi) is 5.45. The van der Waals surface area contributed by atoms with Crippen molar-refractivity contribution in [3.8, 4) is 5.75 Å². The van der Waals surface area contributed by atoms with Crippen molar-refractivity contribution >= 4 is 17.4 Å². The number of ketones is 1. The highest BCUT2D eigenvalue weighted by molar-refractivity contribution is 6.32. The Hall–Kier alpha value is -1.23. The molecule has 0 heterocycles. The van der Waals surface area contributed by atoms with E-state index in [-0.39, 0.29) is 23.1 Å². The van der Waals surface area contributed by atoms with Gasteiger partial charge in [-0.05, 0) is 37.5 Å². The van der Waals surface area contributed by atoms with E-state index in [0.717, 1.165) is 12.5 Å². The quantitative estimate of drug-likeness (QED) is 0.862. The van der Waals surface area contributed by atoms with Crippen LogP contribution in [-0.4, -0.2) is 10.9 Å². The molecular formula is C14H16ClF3O2. The smallest absolute Gasteiger partial charge is 0.420 e. The van der Waals surface area contributed by atoms with Crippen molar-refractivity contribution < 1.29 is 23.1 Å². The highest BCUT2D eigenvalue weighted by atomic mass is 35.5. The summed E-state index contributed by atoms with van der Waals surface area (Å²) in [5, 5.41) is 9.03. The first-order chi connectivity index (χ1) is 9.16. The number of Topliss-reactive ketones (excluding diaryl/α,β-unsaturated/α-hetero) is 1. The molecule has 1 aromatic rings. The molecule has 0 aromatic heterocycles. The van der Waals surface area contributed by atoms with Gasteiger partial charge in [0.2, 0.25) is 0 Å². The molecular weight excluding hydrogens is 293 g/mol. The summed E-state index contributed by atoms with van der Waals surface area (Å²) in [5.74, 6) is -1.37. The first kappa shape index (κ1) is 16.8. The predicted molar refractivity (Wildman–Crippen MR) is 70.9 cm³/mol. The Morgan fingerprint density at radius 2 is 2.00 bits per heavy atom. The van der Waals surface area contributed by atoms with E-state index in [2.05, 4.69) is 0 Å². The molecule has 0 spiro atoms. The fourth-order valence-corrected chi connectivity index (χ4v) is 2.31. The molecule has 1 atom stereocenters. The normalized spacial score (nSPS) is 13.3. The minimum Gasteiger partial charge on any atom is -0.506 e. The molecule has 0 aliphatic carbocycles. The number of benzene rings is 1. The number of hydrogen-bond acceptors (Lipinski definition) is 2. The number of carbonyl (C=O) groups is 1. The topological polar surface area (TPSA) is 37.3 Å². The summed E-state index contributed by atoms with van der Waals surface area (Å²) >= 11 is 5.63. The van der Waals surface area contributed by atoms with Crippen molar-refractivity contribution in [1.29, 1.82) is 0 Å². The van der Waals surface area contributed by atoms with Crippen LogP contribution in [0.2, 0.25) is 5.02 Å². The van der Waals surface area contributed by atoms with Crippen LogP contribution in [0.1, 0.15) is 37.8 Å². The third-order valence-electron chi connectivity index (χ3n) is 3.12. The molecule has 0 aliphatic heterocycles. The molecule has 0 saturated heterocycles. The molecule has 0 radical (unpaired) electrons. The molecule has 0 amide bonds. The van der Waals surface area contributed by atoms with Crippen molar-refractivity contribution in [3.05, 3.63) is 28.3 Å². The van der Waals surface area contributed by atoms with Crippen LogP contribution >= 0.6 is 11.6 Å². The Morgan fingerprint density at radius 3 is 2.45 bits per heavy atom. The van der Waals surface area contributed by atoms with Gasteiger partial charge in [-0.3, -0.25) is 4.79 Å². The van der Waals surface area contributed by atoms with Gasteiger partial charge in [0.25, 0.3) is 0 Å². The number of halogens is 4. The van der Waals surface area contributed by atoms with Gasteiger partial charge in [0.1, 0.15) is 11.5 Å². The first-order valence-electron chi connectivity index (χ1n) is 6.25. The van der Waals surface area contributed by atoms with Gasteiger partial charge in [0, 0.05) is 5.92 Å². The Labute approximate surface area is 120 Å². The SMILES string of the molecule is CCC[C@H](Cc1cc(Cl)c(O)c(C(F)(F)F)c1)C(C)=O. The number of phenols is 1. The van der Waals surface area contributed by atoms with Crippen LogP contribution in [0.25, 0.3) is 0 Å². The van der Waals surface area contributed by atoms with Crippen molar-refractivity contribution in [2.75, 3.05) is 0 Å². The zero-order chi connectivity index (χ0) is 15.5. The van der Waals surface area contributed by atoms with Crippen LogP contribution in [0.5, 0.6) is 5.75 Å². The molecule has 112 valence electrons. The Bertz CT molecular complexity index is 498. The van der Waals surface area contributed by atoms with Crippen molar-refractivity contribution in [3.63, 3.8) is 0 Å². The van der Waals surface area contributed by atoms with Crippen LogP contribution in [0.3, 0.4) is 0 Å². The molecule has 6 heteroatoms. The molecule has 0 fully saturated rings. The van der Waals surface area contributed by atoms with Gasteiger partial charge >= 0.3 is 6.18 Å². The van der Waals surface area contributed by atoms with Crippen LogP contribution in [0.15, 0.2) is 12.1 Å². The highest BCUT2D eigenvalue weighted by Crippen LogP contribution is 2.40. The Morgan fingerprint density at radius 1 is 1.40 bits per heavy atom. The molecule has 0 saturated carbocycles. The number of hydrogen-bond donors (Lipinski definition) is 1. The lowest BCUT2D eigenvalue weighted by molar-refractivity contribution is -0.138. The third kappa shape index (κ3) is 4.13. The number of phenolic OH excluding ortho intramolecular Hbond substituents is 1. The minimum absolute atomic E-state index is 0.0652. The Balaban J connectivity index is 3.14. The minimum atomic E-state index is -4.68. The van der Waals surface area contributed by atoms with E-state index in [1.54, 1.807) is 0 Å². The maximum Gasteiger partial charge on any atom is 0.420 e. The van der Waals surface area contributed by atoms with Crippen molar-refractivity contribution in [2.45, 2.75) is 39.3 Å². The van der Waals surface area contributed by atoms with Gasteiger partial charge < -0.3 is 5.11 Å². The van der Waals surface area contributed by atoms with Gasteiger partial charge in [-0.25, -0.2) is 0 Å². The summed E-state index contributed by atoms with van der Waals surface area (Å²) in [6.45, 7) is 3.33. The van der Waals surface area contributed by atoms with Crippen molar-refractivity contribution in [1.82, 2.24) is 0 Å². The van der Waals surface area contributed by atoms with E-state index >= 15 is 0 Å². The predicted octanol–water partition coefficient (Wildman–Crippen LogP) is 4.61. The molecule has 20 heavy (non-hydrogen) atoms. The summed E-state index contributed by atoms with van der Waals surface area (Å²) in [7, 11) is 0. The largest absolute Gasteiger partial charge is 0.506 e. The van der Waals surface area contributed by atoms with Gasteiger partial charge in [0.15, 0.2) is 0 Å². The zero-order valence-corrected chi connectivity index (χ0v) is 12.0. The summed E-state index contributed by atoms with van der Waals surface area (Å²) in [6, 6.07) is 2.13. The van der Waals surface area contributed by atoms with E-state index in [0.29, 0.717) is 12.0 Å². The maximum atomic E-state index is 12.8. The van der Waals surface area contributed by atoms with E-state index < -0.39 is 17.5 Å². The second-order valence-electron chi connectivity index (χ2n) is 4.77. The van der Waals surface area contributed by atoms with Crippen LogP contribution in [-0.2, 0) is 17.4 Å². The van der Waals surface area contributed by atoms with Crippen molar-refractivity contribution in [2.24, 2.45) is 5.92 Å². The number of rotatable bonds is 5. The molecule has 2 nitrogen and oxygen atoms in total. The van der Waals surface area contributed by atoms with E-state index in [1.165, 1.54) is 13.0 Å². The average molecular weight is 309 g/mol. The molecule has 1 N–H and O–H groups in total. The first-order valence-corrected chi connectivity index (χ1v) is 6.63. The monoisotopic (exact) mass is 308 g/mol. The lowest BCUT2D eigenvalue weighted by Gasteiger charge is -2.16. The zero-order valence-electron chi connectivity index (χ0n) is 11.2. The van der Waals surface area contributed by atoms with Gasteiger partial charge in [-0.2, -0.15) is 13.2 Å². The second kappa shape index (κ2) is 6.48. The molecule has 0 aliphatic rings. The lowest BCUT2D eigenvalue weighted by atomic mass is 9.91. The second-order valence-corrected chi connectivity index (χ2v) is 5.18. The standard InChI is InChI=1S/C14H16ClF3O2/c1-3-4-10(8(2)19)5-9-6-11(14(16,17)18)13(20)12(15)7-9/h6-7,10,20H,3-5H2,1-2H3/t10-/m1/s1. The van der Waals surface area contributed by atoms with Gasteiger partial charge in [0.05, 0.1) is 10.6 Å². The lowest BCUT2D eigenvalue weighted by Crippen LogP contribution is -2.14. The summed E-state index contributed by atoms with van der Waals surface area (Å²) < 4.78 is 38.3. The highest BCUT2D eigenvalue weighted by Gasteiger charge is 2.35. The van der Waals surface area contributed by atoms with E-state index in [1.807, 2.05) is 6.92 Å². The summed E-state index contributed by atoms with van der Waals surface area (Å²) in [5.41, 5.74) is -0.868. The third-order valence-corrected chi connectivity index (χ3v) is 3.41. The molecule has 0 bridgehead atoms. The number of alkyl halides is 3. The number of aromatic hydroxyl groups is 1. The van der Waals surface area contributed by atoms with Crippen LogP contribution in [0.4, 0.5) is 13.2 Å². The maximum absolute atomic E-state index is 12.8. The van der Waals surface area contributed by atoms with E-state index in [9.17, 15) is 23.1 Å². The summed E-state index contributed by atoms with van der Waals surface area (Å²) in [6.07, 6.45) is -3.12. The van der Waals surface area contributed by atoms with Crippen LogP contribution < -0.4 is 0 Å². The molecule has 1 rings (SSSR count). The number of carbonyl (C=O) groups excluding carboxylic acids is 1. The fourth-order valence-electron chi connectivity index (χ4n) is 2.07. The average Bonchev–Trinajstić information content (AvgIpc) is 2.31. The van der Waals surface area contributed by atoms with Gasteiger partial charge in [-0.15, -0.1) is 0 Å². The fraction of sp³-hybridized carbons (Fsp3) is 0.500. The summed E-state index contributed by atoms with van der Waals surface area (Å²) in [4.78, 5) is 11.5. The van der Waals surface area contributed by atoms with Crippen LogP contribution in [0, 0.1) is 5.92 Å².